The van der Waals surface area contributed by atoms with Gasteiger partial charge in [-0.3, -0.25) is 21.1 Å². The number of aliphatic hydroxyl groups is 1. The highest BCUT2D eigenvalue weighted by molar-refractivity contribution is 9.13. The summed E-state index contributed by atoms with van der Waals surface area (Å²) in [4.78, 5) is 35.4. The topological polar surface area (TPSA) is 212 Å². The molecule has 226 valence electrons. The first-order chi connectivity index (χ1) is 19.8. The summed E-state index contributed by atoms with van der Waals surface area (Å²) in [6, 6.07) is 3.31. The number of methoxy groups -OCH3 is 1. The number of H-pyrrole nitrogens is 2. The number of nitrogens with zero attached hydrogens (tertiary/aromatic N) is 1. The molecule has 0 radical (unpaired) electrons. The lowest BCUT2D eigenvalue weighted by atomic mass is 9.77. The number of ether oxygens (including phenoxy) is 1. The van der Waals surface area contributed by atoms with Crippen LogP contribution in [0, 0.1) is 17.8 Å². The number of aromatic amines is 2. The molecule has 42 heavy (non-hydrogen) atoms. The van der Waals surface area contributed by atoms with Crippen LogP contribution in [0.5, 0.6) is 0 Å². The van der Waals surface area contributed by atoms with Gasteiger partial charge in [-0.2, -0.15) is 0 Å². The molecule has 14 nitrogen and oxygen atoms in total. The second-order valence-corrected chi connectivity index (χ2v) is 14.4. The Morgan fingerprint density at radius 2 is 1.62 bits per heavy atom. The van der Waals surface area contributed by atoms with E-state index in [1.165, 1.54) is 7.11 Å². The van der Waals surface area contributed by atoms with Crippen molar-refractivity contribution in [3.63, 3.8) is 0 Å². The molecular formula is C23H27Br4ClN10O4+2. The zero-order valence-corrected chi connectivity index (χ0v) is 28.8. The molecule has 2 aromatic heterocycles. The van der Waals surface area contributed by atoms with E-state index in [1.54, 1.807) is 16.7 Å². The molecule has 1 saturated heterocycles. The Morgan fingerprint density at radius 3 is 2.12 bits per heavy atom. The molecule has 4 aliphatic rings. The third-order valence-electron chi connectivity index (χ3n) is 8.62. The first-order valence-corrected chi connectivity index (χ1v) is 16.3. The molecule has 6 rings (SSSR count). The maximum absolute atomic E-state index is 13.2. The number of fused-ring (bicyclic) bond motifs is 3. The van der Waals surface area contributed by atoms with E-state index in [0.29, 0.717) is 29.5 Å². The SMILES string of the molecule is CO[C@H]1NC(N)=[N+]2[C@H]3[NH+]=C(N)N[C@@]3(O)[C@@H]3[C@@H](CNC(=O)c4cc(Br)c(Br)[nH]4)[C@H](CNC(=O)c4cc(Br)c(Br)[nH]4)[C@@H](Cl)[C@@]132. The predicted molar refractivity (Wildman–Crippen MR) is 165 cm³/mol. The van der Waals surface area contributed by atoms with Crippen LogP contribution in [0.25, 0.3) is 0 Å². The summed E-state index contributed by atoms with van der Waals surface area (Å²) in [6.45, 7) is 0.223. The largest absolute Gasteiger partial charge is 0.353 e. The molecule has 0 bridgehead atoms. The number of hydrogen-bond donors (Lipinski definition) is 10. The normalized spacial score (nSPS) is 34.4. The van der Waals surface area contributed by atoms with Crippen molar-refractivity contribution >= 4 is 99.1 Å². The van der Waals surface area contributed by atoms with Gasteiger partial charge in [-0.1, -0.05) is 0 Å². The van der Waals surface area contributed by atoms with Crippen LogP contribution in [0.1, 0.15) is 21.0 Å². The molecule has 0 aromatic carbocycles. The summed E-state index contributed by atoms with van der Waals surface area (Å²) < 4.78 is 10.3. The van der Waals surface area contributed by atoms with E-state index in [0.717, 1.165) is 0 Å². The quantitative estimate of drug-likeness (QED) is 0.119. The lowest BCUT2D eigenvalue weighted by Crippen LogP contribution is -2.84. The molecule has 1 aliphatic carbocycles. The Labute approximate surface area is 277 Å². The molecule has 2 aromatic rings. The number of nitrogens with one attached hydrogen (secondary N) is 7. The molecule has 0 unspecified atom stereocenters. The first-order valence-electron chi connectivity index (χ1n) is 12.7. The maximum atomic E-state index is 13.2. The van der Waals surface area contributed by atoms with Crippen LogP contribution in [0.4, 0.5) is 0 Å². The van der Waals surface area contributed by atoms with E-state index in [9.17, 15) is 14.7 Å². The predicted octanol–water partition coefficient (Wildman–Crippen LogP) is -1.31. The molecule has 2 amide bonds. The van der Waals surface area contributed by atoms with Crippen LogP contribution in [0.2, 0.25) is 0 Å². The molecule has 12 N–H and O–H groups in total. The fourth-order valence-electron chi connectivity index (χ4n) is 7.13. The lowest BCUT2D eigenvalue weighted by Gasteiger charge is -2.34. The van der Waals surface area contributed by atoms with Crippen LogP contribution in [-0.4, -0.2) is 92.6 Å². The van der Waals surface area contributed by atoms with Gasteiger partial charge in [0.2, 0.25) is 6.23 Å². The van der Waals surface area contributed by atoms with Gasteiger partial charge in [0.25, 0.3) is 23.7 Å². The second-order valence-electron chi connectivity index (χ2n) is 10.6. The highest BCUT2D eigenvalue weighted by atomic mass is 79.9. The minimum atomic E-state index is -1.65. The lowest BCUT2D eigenvalue weighted by molar-refractivity contribution is -0.779. The maximum Gasteiger partial charge on any atom is 0.349 e. The van der Waals surface area contributed by atoms with Gasteiger partial charge in [0, 0.05) is 26.1 Å². The zero-order valence-electron chi connectivity index (χ0n) is 21.7. The van der Waals surface area contributed by atoms with Crippen LogP contribution < -0.4 is 37.7 Å². The van der Waals surface area contributed by atoms with Gasteiger partial charge in [0.05, 0.1) is 29.4 Å². The number of aromatic nitrogens is 2. The average molecular weight is 863 g/mol. The number of carbonyl (C=O) groups is 2. The summed E-state index contributed by atoms with van der Waals surface area (Å²) in [5.41, 5.74) is 10.5. The minimum absolute atomic E-state index is 0.101. The molecular weight excluding hydrogens is 835 g/mol. The number of alkyl halides is 1. The number of halogens is 5. The monoisotopic (exact) mass is 858 g/mol. The fourth-order valence-corrected chi connectivity index (χ4v) is 9.07. The fraction of sp³-hybridized carbons (Fsp3) is 0.478. The molecule has 1 spiro atoms. The van der Waals surface area contributed by atoms with Crippen molar-refractivity contribution in [1.29, 1.82) is 0 Å². The van der Waals surface area contributed by atoms with Gasteiger partial charge >= 0.3 is 11.9 Å². The molecule has 2 fully saturated rings. The third-order valence-corrected chi connectivity index (χ3v) is 12.9. The summed E-state index contributed by atoms with van der Waals surface area (Å²) in [6.07, 6.45) is -1.51. The minimum Gasteiger partial charge on any atom is -0.353 e. The van der Waals surface area contributed by atoms with Gasteiger partial charge in [-0.25, -0.2) is 20.2 Å². The Balaban J connectivity index is 1.38. The van der Waals surface area contributed by atoms with Crippen molar-refractivity contribution in [2.24, 2.45) is 29.2 Å². The smallest absolute Gasteiger partial charge is 0.349 e. The van der Waals surface area contributed by atoms with Crippen molar-refractivity contribution in [2.45, 2.75) is 29.0 Å². The van der Waals surface area contributed by atoms with Crippen LogP contribution in [-0.2, 0) is 4.74 Å². The number of carbonyl (C=O) groups excluding carboxylic acids is 2. The van der Waals surface area contributed by atoms with E-state index < -0.39 is 46.8 Å². The Kier molecular flexibility index (Phi) is 7.67. The van der Waals surface area contributed by atoms with Gasteiger partial charge in [0.1, 0.15) is 11.4 Å². The van der Waals surface area contributed by atoms with E-state index in [-0.39, 0.29) is 36.8 Å². The Bertz CT molecular complexity index is 1510. The van der Waals surface area contributed by atoms with Crippen LogP contribution in [0.3, 0.4) is 0 Å². The second kappa shape index (κ2) is 10.7. The zero-order chi connectivity index (χ0) is 30.3. The van der Waals surface area contributed by atoms with E-state index >= 15 is 0 Å². The highest BCUT2D eigenvalue weighted by Crippen LogP contribution is 2.60. The van der Waals surface area contributed by atoms with Crippen molar-refractivity contribution in [1.82, 2.24) is 31.2 Å². The molecule has 3 aliphatic heterocycles. The summed E-state index contributed by atoms with van der Waals surface area (Å²) in [7, 11) is 1.52. The average Bonchev–Trinajstić information content (AvgIpc) is 3.71. The van der Waals surface area contributed by atoms with Gasteiger partial charge < -0.3 is 30.4 Å². The molecule has 8 atom stereocenters. The van der Waals surface area contributed by atoms with Crippen LogP contribution >= 0.6 is 75.3 Å². The van der Waals surface area contributed by atoms with E-state index in [1.807, 2.05) is 0 Å². The number of hydrogen-bond acceptors (Lipinski definition) is 8. The number of guanidine groups is 2. The number of amides is 2. The summed E-state index contributed by atoms with van der Waals surface area (Å²) >= 11 is 20.9. The van der Waals surface area contributed by atoms with Crippen LogP contribution in [0.15, 0.2) is 30.3 Å². The first kappa shape index (κ1) is 30.2. The van der Waals surface area contributed by atoms with Gasteiger partial charge in [0.15, 0.2) is 5.54 Å². The molecule has 1 saturated carbocycles. The van der Waals surface area contributed by atoms with E-state index in [4.69, 9.17) is 27.8 Å². The summed E-state index contributed by atoms with van der Waals surface area (Å²) in [5, 5.41) is 23.7. The Hall–Kier alpha value is -1.83. The third kappa shape index (κ3) is 4.27. The standard InChI is InChI=1S/C23H25Br4ClN10O4/c1-42-19-22-12(23(41)18(35-20(29)37-23)38(22)21(30)36-19)6(4-31-16(39)10-2-8(24)14(26)33-10)7(13(22)28)5-32-17(40)11-3-9(25)15(27)34-11/h2-3,6-7,12-13,18-19,41H,4-5H2,1H3,(H9,29,30,31,32,33,34,35,36,37,39,40)/p+2/t6-,7-,12+,13+,18+,19+,22+,23+/m0/s1. The molecule has 5 heterocycles. The Morgan fingerprint density at radius 1 is 1.07 bits per heavy atom. The highest BCUT2D eigenvalue weighted by Gasteiger charge is 2.85. The van der Waals surface area contributed by atoms with Crippen molar-refractivity contribution < 1.29 is 29.0 Å². The van der Waals surface area contributed by atoms with Gasteiger partial charge in [-0.05, 0) is 81.8 Å². The number of nitrogens with two attached hydrogens (primary N) is 2. The van der Waals surface area contributed by atoms with Crippen molar-refractivity contribution in [3.05, 3.63) is 41.7 Å². The van der Waals surface area contributed by atoms with Gasteiger partial charge in [-0.15, -0.1) is 11.6 Å². The molecule has 19 heteroatoms. The van der Waals surface area contributed by atoms with Crippen molar-refractivity contribution in [2.75, 3.05) is 20.2 Å². The van der Waals surface area contributed by atoms with E-state index in [2.05, 4.69) is 99.9 Å². The number of rotatable bonds is 7. The summed E-state index contributed by atoms with van der Waals surface area (Å²) in [5.74, 6) is -1.96. The van der Waals surface area contributed by atoms with Crippen molar-refractivity contribution in [3.8, 4) is 0 Å².